The number of anilines is 1. The fourth-order valence-electron chi connectivity index (χ4n) is 6.05. The molecule has 0 spiro atoms. The van der Waals surface area contributed by atoms with Gasteiger partial charge in [0, 0.05) is 32.7 Å². The van der Waals surface area contributed by atoms with Gasteiger partial charge >= 0.3 is 12.2 Å². The van der Waals surface area contributed by atoms with Crippen molar-refractivity contribution in [3.63, 3.8) is 0 Å². The number of fused-ring (bicyclic) bond motifs is 1. The van der Waals surface area contributed by atoms with E-state index in [9.17, 15) is 19.2 Å². The van der Waals surface area contributed by atoms with Gasteiger partial charge in [-0.15, -0.1) is 0 Å². The lowest BCUT2D eigenvalue weighted by molar-refractivity contribution is 0.0239. The van der Waals surface area contributed by atoms with E-state index in [-0.39, 0.29) is 19.2 Å². The van der Waals surface area contributed by atoms with Gasteiger partial charge in [-0.2, -0.15) is 0 Å². The summed E-state index contributed by atoms with van der Waals surface area (Å²) in [5.74, 6) is 0.181. The monoisotopic (exact) mass is 672 g/mol. The molecular weight excluding hydrogens is 628 g/mol. The molecule has 4 amide bonds. The highest BCUT2D eigenvalue weighted by atomic mass is 16.6. The predicted molar refractivity (Wildman–Crippen MR) is 183 cm³/mol. The molecule has 5 rings (SSSR count). The zero-order chi connectivity index (χ0) is 35.1. The first-order valence-electron chi connectivity index (χ1n) is 16.4. The Bertz CT molecular complexity index is 1660. The van der Waals surface area contributed by atoms with E-state index in [1.54, 1.807) is 29.2 Å². The van der Waals surface area contributed by atoms with Gasteiger partial charge in [-0.3, -0.25) is 14.5 Å². The molecule has 2 heterocycles. The number of carbonyl (C=O) groups is 4. The lowest BCUT2D eigenvalue weighted by Crippen LogP contribution is -2.50. The summed E-state index contributed by atoms with van der Waals surface area (Å²) < 4.78 is 21.8. The van der Waals surface area contributed by atoms with E-state index in [0.717, 1.165) is 5.56 Å². The second-order valence-corrected chi connectivity index (χ2v) is 12.9. The van der Waals surface area contributed by atoms with E-state index >= 15 is 0 Å². The molecule has 260 valence electrons. The molecular formula is C37H44N4O8. The third-order valence-electron chi connectivity index (χ3n) is 8.44. The lowest BCUT2D eigenvalue weighted by atomic mass is 9.99. The van der Waals surface area contributed by atoms with Gasteiger partial charge in [0.05, 0.1) is 37.1 Å². The maximum Gasteiger partial charge on any atom is 0.410 e. The molecule has 1 fully saturated rings. The van der Waals surface area contributed by atoms with Crippen molar-refractivity contribution in [1.29, 1.82) is 0 Å². The quantitative estimate of drug-likeness (QED) is 0.199. The van der Waals surface area contributed by atoms with E-state index < -0.39 is 29.6 Å². The van der Waals surface area contributed by atoms with Crippen LogP contribution in [0.4, 0.5) is 15.3 Å². The van der Waals surface area contributed by atoms with Crippen LogP contribution in [-0.2, 0) is 16.1 Å². The zero-order valence-corrected chi connectivity index (χ0v) is 28.7. The maximum atomic E-state index is 14.3. The van der Waals surface area contributed by atoms with Crippen LogP contribution in [0.15, 0.2) is 66.7 Å². The molecule has 2 aliphatic heterocycles. The summed E-state index contributed by atoms with van der Waals surface area (Å²) in [5.41, 5.74) is 2.27. The summed E-state index contributed by atoms with van der Waals surface area (Å²) in [7, 11) is 3.06. The van der Waals surface area contributed by atoms with Crippen LogP contribution >= 0.6 is 0 Å². The Hall–Kier alpha value is -5.26. The van der Waals surface area contributed by atoms with Gasteiger partial charge in [-0.1, -0.05) is 42.5 Å². The van der Waals surface area contributed by atoms with Crippen LogP contribution in [0.3, 0.4) is 0 Å². The highest BCUT2D eigenvalue weighted by molar-refractivity contribution is 6.24. The van der Waals surface area contributed by atoms with Crippen molar-refractivity contribution >= 4 is 29.7 Å². The Morgan fingerprint density at radius 2 is 1.57 bits per heavy atom. The molecule has 0 saturated carbocycles. The minimum atomic E-state index is -0.661. The van der Waals surface area contributed by atoms with Crippen LogP contribution in [0.2, 0.25) is 0 Å². The summed E-state index contributed by atoms with van der Waals surface area (Å²) in [4.78, 5) is 58.4. The molecule has 12 heteroatoms. The van der Waals surface area contributed by atoms with Crippen LogP contribution < -0.4 is 19.7 Å². The molecule has 12 nitrogen and oxygen atoms in total. The third-order valence-corrected chi connectivity index (χ3v) is 8.44. The number of methoxy groups -OCH3 is 2. The number of rotatable bonds is 11. The fourth-order valence-corrected chi connectivity index (χ4v) is 6.05. The fraction of sp³-hybridized carbons (Fsp3) is 0.405. The number of nitrogens with one attached hydrogen (secondary N) is 1. The average Bonchev–Trinajstić information content (AvgIpc) is 3.35. The van der Waals surface area contributed by atoms with Crippen molar-refractivity contribution in [3.8, 4) is 11.5 Å². The van der Waals surface area contributed by atoms with Gasteiger partial charge in [0.1, 0.15) is 12.2 Å². The van der Waals surface area contributed by atoms with E-state index in [1.165, 1.54) is 19.1 Å². The van der Waals surface area contributed by atoms with Gasteiger partial charge in [-0.05, 0) is 69.0 Å². The topological polar surface area (TPSA) is 127 Å². The second kappa shape index (κ2) is 15.3. The molecule has 1 N–H and O–H groups in total. The Kier molecular flexibility index (Phi) is 11.0. The molecule has 0 radical (unpaired) electrons. The van der Waals surface area contributed by atoms with Gasteiger partial charge in [0.2, 0.25) is 0 Å². The van der Waals surface area contributed by atoms with E-state index in [0.29, 0.717) is 72.9 Å². The molecule has 3 aromatic carbocycles. The first-order valence-corrected chi connectivity index (χ1v) is 16.4. The van der Waals surface area contributed by atoms with E-state index in [2.05, 4.69) is 5.32 Å². The van der Waals surface area contributed by atoms with E-state index in [4.69, 9.17) is 18.9 Å². The van der Waals surface area contributed by atoms with E-state index in [1.807, 2.05) is 68.1 Å². The average molecular weight is 673 g/mol. The molecule has 0 bridgehead atoms. The van der Waals surface area contributed by atoms with Gasteiger partial charge in [0.15, 0.2) is 11.5 Å². The molecule has 0 aromatic heterocycles. The smallest absolute Gasteiger partial charge is 0.410 e. The van der Waals surface area contributed by atoms with Crippen LogP contribution in [0.5, 0.6) is 11.5 Å². The standard InChI is InChI=1S/C37H44N4O8/c1-37(2,3)49-36(45)40-21-19-39(20-22-40)29-14-9-13-27-32(29)34(43)41(33(27)42)28(26-16-17-30(46-4)31(23-26)47-5)15-10-18-38-35(44)48-24-25-11-7-6-8-12-25/h6-9,11-14,16-17,23,28H,10,15,18-22,24H2,1-5H3,(H,38,44)/t28-/m1/s1. The molecule has 2 aliphatic rings. The number of benzene rings is 3. The summed E-state index contributed by atoms with van der Waals surface area (Å²) in [5, 5.41) is 2.77. The minimum Gasteiger partial charge on any atom is -0.493 e. The number of imide groups is 1. The number of hydrogen-bond donors (Lipinski definition) is 1. The molecule has 0 aliphatic carbocycles. The van der Waals surface area contributed by atoms with Gasteiger partial charge < -0.3 is 34.1 Å². The van der Waals surface area contributed by atoms with Crippen LogP contribution in [0, 0.1) is 0 Å². The number of piperazine rings is 1. The normalized spacial score (nSPS) is 15.1. The first-order chi connectivity index (χ1) is 23.5. The SMILES string of the molecule is COc1ccc([C@@H](CCCNC(=O)OCc2ccccc2)N2C(=O)c3cccc(N4CCN(C(=O)OC(C)(C)C)CC4)c3C2=O)cc1OC. The highest BCUT2D eigenvalue weighted by Crippen LogP contribution is 2.40. The van der Waals surface area contributed by atoms with Crippen molar-refractivity contribution in [2.24, 2.45) is 0 Å². The number of nitrogens with zero attached hydrogens (tertiary/aromatic N) is 3. The summed E-state index contributed by atoms with van der Waals surface area (Å²) in [6.45, 7) is 7.69. The summed E-state index contributed by atoms with van der Waals surface area (Å²) in [6.07, 6.45) is -0.112. The molecule has 0 unspecified atom stereocenters. The summed E-state index contributed by atoms with van der Waals surface area (Å²) >= 11 is 0. The zero-order valence-electron chi connectivity index (χ0n) is 28.7. The first kappa shape index (κ1) is 35.1. The Balaban J connectivity index is 1.32. The van der Waals surface area contributed by atoms with Crippen LogP contribution in [-0.4, -0.2) is 86.3 Å². The molecule has 1 atom stereocenters. The Morgan fingerprint density at radius 1 is 0.857 bits per heavy atom. The number of alkyl carbamates (subject to hydrolysis) is 1. The van der Waals surface area contributed by atoms with Crippen molar-refractivity contribution in [2.75, 3.05) is 51.8 Å². The van der Waals surface area contributed by atoms with Crippen LogP contribution in [0.25, 0.3) is 0 Å². The lowest BCUT2D eigenvalue weighted by Gasteiger charge is -2.37. The van der Waals surface area contributed by atoms with Crippen molar-refractivity contribution in [3.05, 3.63) is 89.0 Å². The van der Waals surface area contributed by atoms with Crippen molar-refractivity contribution < 1.29 is 38.1 Å². The predicted octanol–water partition coefficient (Wildman–Crippen LogP) is 5.80. The maximum absolute atomic E-state index is 14.3. The molecule has 3 aromatic rings. The third kappa shape index (κ3) is 8.25. The highest BCUT2D eigenvalue weighted by Gasteiger charge is 2.43. The van der Waals surface area contributed by atoms with Gasteiger partial charge in [-0.25, -0.2) is 9.59 Å². The Morgan fingerprint density at radius 3 is 2.24 bits per heavy atom. The number of hydrogen-bond acceptors (Lipinski definition) is 9. The second-order valence-electron chi connectivity index (χ2n) is 12.9. The molecule has 49 heavy (non-hydrogen) atoms. The largest absolute Gasteiger partial charge is 0.493 e. The summed E-state index contributed by atoms with van der Waals surface area (Å²) in [6, 6.07) is 19.3. The van der Waals surface area contributed by atoms with Crippen LogP contribution in [0.1, 0.15) is 71.5 Å². The van der Waals surface area contributed by atoms with Crippen molar-refractivity contribution in [2.45, 2.75) is 51.9 Å². The van der Waals surface area contributed by atoms with Crippen molar-refractivity contribution in [1.82, 2.24) is 15.1 Å². The van der Waals surface area contributed by atoms with Gasteiger partial charge in [0.25, 0.3) is 11.8 Å². The number of amides is 4. The number of ether oxygens (including phenoxy) is 4. The Labute approximate surface area is 286 Å². The number of carbonyl (C=O) groups excluding carboxylic acids is 4. The molecule has 1 saturated heterocycles. The minimum absolute atomic E-state index is 0.147.